The first kappa shape index (κ1) is 17.1. The number of likely N-dealkylation sites (N-methyl/N-ethyl adjacent to an activating group) is 1. The molecule has 0 bridgehead atoms. The number of phosphoric acid groups is 1. The SMILES string of the molecule is C=COC(=O)NCCOP(=O)(O)OCCN(C)C. The fraction of sp³-hybridized carbons (Fsp3) is 0.667. The van der Waals surface area contributed by atoms with E-state index in [9.17, 15) is 14.3 Å². The molecule has 0 aromatic carbocycles. The zero-order valence-electron chi connectivity index (χ0n) is 10.5. The van der Waals surface area contributed by atoms with E-state index in [1.807, 2.05) is 14.1 Å². The highest BCUT2D eigenvalue weighted by Crippen LogP contribution is 2.42. The van der Waals surface area contributed by atoms with Gasteiger partial charge in [0.05, 0.1) is 19.5 Å². The summed E-state index contributed by atoms with van der Waals surface area (Å²) in [5, 5.41) is 2.28. The van der Waals surface area contributed by atoms with Crippen molar-refractivity contribution in [2.24, 2.45) is 0 Å². The fourth-order valence-electron chi connectivity index (χ4n) is 0.807. The lowest BCUT2D eigenvalue weighted by Crippen LogP contribution is -2.26. The summed E-state index contributed by atoms with van der Waals surface area (Å²) in [6, 6.07) is 0. The van der Waals surface area contributed by atoms with Crippen molar-refractivity contribution in [1.82, 2.24) is 10.2 Å². The van der Waals surface area contributed by atoms with E-state index in [1.165, 1.54) is 0 Å². The second-order valence-electron chi connectivity index (χ2n) is 3.44. The molecule has 0 rings (SSSR count). The van der Waals surface area contributed by atoms with Crippen LogP contribution in [0.15, 0.2) is 12.8 Å². The predicted molar refractivity (Wildman–Crippen MR) is 65.0 cm³/mol. The van der Waals surface area contributed by atoms with Crippen molar-refractivity contribution in [3.05, 3.63) is 12.8 Å². The molecule has 1 unspecified atom stereocenters. The molecule has 0 spiro atoms. The Morgan fingerprint density at radius 3 is 2.61 bits per heavy atom. The van der Waals surface area contributed by atoms with E-state index in [0.717, 1.165) is 6.26 Å². The number of amides is 1. The zero-order chi connectivity index (χ0) is 14.0. The lowest BCUT2D eigenvalue weighted by atomic mass is 10.6. The summed E-state index contributed by atoms with van der Waals surface area (Å²) in [7, 11) is -0.449. The third-order valence-electron chi connectivity index (χ3n) is 1.61. The number of hydrogen-bond donors (Lipinski definition) is 2. The minimum atomic E-state index is -4.06. The van der Waals surface area contributed by atoms with Crippen molar-refractivity contribution in [2.75, 3.05) is 40.4 Å². The molecular weight excluding hydrogens is 263 g/mol. The first-order valence-corrected chi connectivity index (χ1v) is 6.69. The minimum Gasteiger partial charge on any atom is -0.419 e. The van der Waals surface area contributed by atoms with Crippen molar-refractivity contribution in [3.63, 3.8) is 0 Å². The number of nitrogens with one attached hydrogen (secondary N) is 1. The number of nitrogens with zero attached hydrogens (tertiary/aromatic N) is 1. The van der Waals surface area contributed by atoms with E-state index in [-0.39, 0.29) is 19.8 Å². The molecule has 0 saturated carbocycles. The fourth-order valence-corrected chi connectivity index (χ4v) is 1.52. The monoisotopic (exact) mass is 282 g/mol. The van der Waals surface area contributed by atoms with E-state index in [2.05, 4.69) is 25.7 Å². The van der Waals surface area contributed by atoms with Gasteiger partial charge in [0, 0.05) is 13.1 Å². The molecular formula is C9H19N2O6P. The molecule has 0 fully saturated rings. The van der Waals surface area contributed by atoms with E-state index in [0.29, 0.717) is 6.54 Å². The molecule has 1 atom stereocenters. The molecule has 1 amide bonds. The molecule has 8 nitrogen and oxygen atoms in total. The van der Waals surface area contributed by atoms with Crippen LogP contribution in [0.1, 0.15) is 0 Å². The van der Waals surface area contributed by atoms with Crippen molar-refractivity contribution in [3.8, 4) is 0 Å². The predicted octanol–water partition coefficient (Wildman–Crippen LogP) is 0.551. The molecule has 0 radical (unpaired) electrons. The number of alkyl carbamates (subject to hydrolysis) is 1. The lowest BCUT2D eigenvalue weighted by molar-refractivity contribution is 0.138. The highest BCUT2D eigenvalue weighted by molar-refractivity contribution is 7.47. The quantitative estimate of drug-likeness (QED) is 0.362. The van der Waals surface area contributed by atoms with Gasteiger partial charge in [-0.25, -0.2) is 9.36 Å². The van der Waals surface area contributed by atoms with Gasteiger partial charge in [-0.2, -0.15) is 0 Å². The van der Waals surface area contributed by atoms with Crippen molar-refractivity contribution < 1.29 is 28.0 Å². The lowest BCUT2D eigenvalue weighted by Gasteiger charge is -2.14. The molecule has 9 heteroatoms. The molecule has 18 heavy (non-hydrogen) atoms. The van der Waals surface area contributed by atoms with Crippen LogP contribution in [-0.2, 0) is 18.3 Å². The molecule has 0 aliphatic rings. The second kappa shape index (κ2) is 9.07. The standard InChI is InChI=1S/C9H19N2O6P/c1-4-15-9(12)10-5-7-16-18(13,14)17-8-6-11(2)3/h4H,1,5-8H2,2-3H3,(H,10,12)(H,13,14). The van der Waals surface area contributed by atoms with Crippen LogP contribution >= 0.6 is 7.82 Å². The van der Waals surface area contributed by atoms with E-state index in [4.69, 9.17) is 0 Å². The summed E-state index contributed by atoms with van der Waals surface area (Å²) in [4.78, 5) is 21.8. The van der Waals surface area contributed by atoms with Gasteiger partial charge in [0.25, 0.3) is 0 Å². The first-order chi connectivity index (χ1) is 8.37. The molecule has 0 aromatic rings. The van der Waals surface area contributed by atoms with Gasteiger partial charge in [0.15, 0.2) is 0 Å². The van der Waals surface area contributed by atoms with Gasteiger partial charge in [-0.15, -0.1) is 0 Å². The average molecular weight is 282 g/mol. The van der Waals surface area contributed by atoms with Crippen LogP contribution in [0, 0.1) is 0 Å². The average Bonchev–Trinajstić information content (AvgIpc) is 2.24. The molecule has 106 valence electrons. The molecule has 2 N–H and O–H groups in total. The van der Waals surface area contributed by atoms with E-state index >= 15 is 0 Å². The van der Waals surface area contributed by atoms with Crippen LogP contribution in [-0.4, -0.2) is 56.3 Å². The summed E-state index contributed by atoms with van der Waals surface area (Å²) in [6.07, 6.45) is 0.257. The van der Waals surface area contributed by atoms with Crippen molar-refractivity contribution in [2.45, 2.75) is 0 Å². The van der Waals surface area contributed by atoms with Gasteiger partial charge < -0.3 is 19.8 Å². The van der Waals surface area contributed by atoms with Gasteiger partial charge in [-0.05, 0) is 14.1 Å². The second-order valence-corrected chi connectivity index (χ2v) is 4.89. The number of carbonyl (C=O) groups excluding carboxylic acids is 1. The summed E-state index contributed by atoms with van der Waals surface area (Å²) < 4.78 is 24.9. The highest BCUT2D eigenvalue weighted by Gasteiger charge is 2.20. The normalized spacial score (nSPS) is 14.0. The maximum absolute atomic E-state index is 11.3. The smallest absolute Gasteiger partial charge is 0.419 e. The van der Waals surface area contributed by atoms with Gasteiger partial charge in [0.1, 0.15) is 0 Å². The van der Waals surface area contributed by atoms with Crippen LogP contribution in [0.2, 0.25) is 0 Å². The summed E-state index contributed by atoms with van der Waals surface area (Å²) in [5.41, 5.74) is 0. The Balaban J connectivity index is 3.67. The Bertz CT molecular complexity index is 309. The van der Waals surface area contributed by atoms with Crippen LogP contribution < -0.4 is 5.32 Å². The molecule has 0 saturated heterocycles. The van der Waals surface area contributed by atoms with Crippen LogP contribution in [0.3, 0.4) is 0 Å². The molecule has 0 heterocycles. The third kappa shape index (κ3) is 10.2. The Hall–Kier alpha value is -0.920. The van der Waals surface area contributed by atoms with Gasteiger partial charge in [-0.3, -0.25) is 9.05 Å². The maximum atomic E-state index is 11.3. The summed E-state index contributed by atoms with van der Waals surface area (Å²) >= 11 is 0. The number of ether oxygens (including phenoxy) is 1. The Kier molecular flexibility index (Phi) is 8.61. The largest absolute Gasteiger partial charge is 0.472 e. The third-order valence-corrected chi connectivity index (χ3v) is 2.63. The minimum absolute atomic E-state index is 0.0221. The molecule has 0 aliphatic heterocycles. The number of hydrogen-bond acceptors (Lipinski definition) is 6. The van der Waals surface area contributed by atoms with E-state index < -0.39 is 13.9 Å². The summed E-state index contributed by atoms with van der Waals surface area (Å²) in [5.74, 6) is 0. The Morgan fingerprint density at radius 1 is 1.44 bits per heavy atom. The maximum Gasteiger partial charge on any atom is 0.472 e. The Morgan fingerprint density at radius 2 is 2.06 bits per heavy atom. The highest BCUT2D eigenvalue weighted by atomic mass is 31.2. The zero-order valence-corrected chi connectivity index (χ0v) is 11.4. The van der Waals surface area contributed by atoms with Crippen LogP contribution in [0.5, 0.6) is 0 Å². The van der Waals surface area contributed by atoms with Crippen molar-refractivity contribution >= 4 is 13.9 Å². The number of carbonyl (C=O) groups is 1. The topological polar surface area (TPSA) is 97.3 Å². The number of rotatable bonds is 9. The van der Waals surface area contributed by atoms with Gasteiger partial charge in [-0.1, -0.05) is 6.58 Å². The molecule has 0 aliphatic carbocycles. The number of phosphoric ester groups is 1. The van der Waals surface area contributed by atoms with Crippen LogP contribution in [0.4, 0.5) is 4.79 Å². The Labute approximate surface area is 106 Å². The molecule has 0 aromatic heterocycles. The van der Waals surface area contributed by atoms with E-state index in [1.54, 1.807) is 4.90 Å². The van der Waals surface area contributed by atoms with Gasteiger partial charge in [0.2, 0.25) is 0 Å². The van der Waals surface area contributed by atoms with Crippen LogP contribution in [0.25, 0.3) is 0 Å². The van der Waals surface area contributed by atoms with Crippen molar-refractivity contribution in [1.29, 1.82) is 0 Å². The van der Waals surface area contributed by atoms with Gasteiger partial charge >= 0.3 is 13.9 Å². The first-order valence-electron chi connectivity index (χ1n) is 5.19. The summed E-state index contributed by atoms with van der Waals surface area (Å²) in [6.45, 7) is 3.62.